The monoisotopic (exact) mass is 193 g/mol. The van der Waals surface area contributed by atoms with Crippen molar-refractivity contribution in [3.63, 3.8) is 0 Å². The Morgan fingerprint density at radius 3 is 2.43 bits per heavy atom. The van der Waals surface area contributed by atoms with Crippen LogP contribution in [0.15, 0.2) is 0 Å². The molecule has 2 N–H and O–H groups in total. The molecule has 2 rings (SSSR count). The van der Waals surface area contributed by atoms with E-state index in [2.05, 4.69) is 23.6 Å². The molecule has 1 heterocycles. The van der Waals surface area contributed by atoms with Gasteiger partial charge in [-0.15, -0.1) is 0 Å². The summed E-state index contributed by atoms with van der Waals surface area (Å²) in [5.41, 5.74) is 9.30. The number of aromatic nitrogens is 2. The summed E-state index contributed by atoms with van der Waals surface area (Å²) in [6.07, 6.45) is 4.02. The van der Waals surface area contributed by atoms with E-state index in [1.807, 2.05) is 6.92 Å². The number of anilines is 1. The van der Waals surface area contributed by atoms with Crippen LogP contribution in [0, 0.1) is 19.3 Å². The third-order valence-electron chi connectivity index (χ3n) is 3.53. The lowest BCUT2D eigenvalue weighted by Crippen LogP contribution is -2.31. The number of hydrogen-bond donors (Lipinski definition) is 1. The fourth-order valence-electron chi connectivity index (χ4n) is 2.16. The van der Waals surface area contributed by atoms with Gasteiger partial charge in [-0.05, 0) is 32.1 Å². The fraction of sp³-hybridized carbons (Fsp3) is 0.727. The summed E-state index contributed by atoms with van der Waals surface area (Å²) in [5.74, 6) is 0. The minimum absolute atomic E-state index is 0.468. The number of nitrogens with two attached hydrogens (primary N) is 1. The number of nitrogen functional groups attached to an aromatic ring is 1. The average molecular weight is 193 g/mol. The van der Waals surface area contributed by atoms with Gasteiger partial charge >= 0.3 is 0 Å². The molecule has 1 aliphatic carbocycles. The van der Waals surface area contributed by atoms with Crippen LogP contribution in [0.25, 0.3) is 0 Å². The van der Waals surface area contributed by atoms with Crippen molar-refractivity contribution in [3.8, 4) is 0 Å². The fourth-order valence-corrected chi connectivity index (χ4v) is 2.16. The van der Waals surface area contributed by atoms with Crippen molar-refractivity contribution in [2.24, 2.45) is 5.41 Å². The summed E-state index contributed by atoms with van der Waals surface area (Å²) < 4.78 is 2.07. The SMILES string of the molecule is Cc1nn(CC2(C)CCC2)c(C)c1N. The van der Waals surface area contributed by atoms with E-state index in [-0.39, 0.29) is 0 Å². The van der Waals surface area contributed by atoms with E-state index in [0.29, 0.717) is 5.41 Å². The molecule has 1 aromatic rings. The second-order valence-corrected chi connectivity index (χ2v) is 4.91. The van der Waals surface area contributed by atoms with Crippen LogP contribution in [0.2, 0.25) is 0 Å². The summed E-state index contributed by atoms with van der Waals surface area (Å²) in [6.45, 7) is 7.39. The molecule has 0 amide bonds. The molecular weight excluding hydrogens is 174 g/mol. The lowest BCUT2D eigenvalue weighted by molar-refractivity contribution is 0.125. The van der Waals surface area contributed by atoms with Crippen LogP contribution < -0.4 is 5.73 Å². The standard InChI is InChI=1S/C11H19N3/c1-8-10(12)9(2)14(13-8)7-11(3)5-4-6-11/h4-7,12H2,1-3H3. The Kier molecular flexibility index (Phi) is 2.05. The van der Waals surface area contributed by atoms with Crippen molar-refractivity contribution in [2.75, 3.05) is 5.73 Å². The first-order valence-corrected chi connectivity index (χ1v) is 5.31. The zero-order chi connectivity index (χ0) is 10.3. The summed E-state index contributed by atoms with van der Waals surface area (Å²) >= 11 is 0. The molecule has 78 valence electrons. The highest BCUT2D eigenvalue weighted by atomic mass is 15.3. The first-order valence-electron chi connectivity index (χ1n) is 5.31. The van der Waals surface area contributed by atoms with E-state index in [0.717, 1.165) is 23.6 Å². The molecule has 0 spiro atoms. The van der Waals surface area contributed by atoms with Crippen LogP contribution in [-0.2, 0) is 6.54 Å². The summed E-state index contributed by atoms with van der Waals surface area (Å²) in [5, 5.41) is 4.47. The molecule has 3 nitrogen and oxygen atoms in total. The van der Waals surface area contributed by atoms with E-state index in [1.165, 1.54) is 19.3 Å². The number of hydrogen-bond acceptors (Lipinski definition) is 2. The molecule has 1 aliphatic rings. The summed E-state index contributed by atoms with van der Waals surface area (Å²) in [7, 11) is 0. The number of aryl methyl sites for hydroxylation is 1. The Bertz CT molecular complexity index is 348. The quantitative estimate of drug-likeness (QED) is 0.783. The van der Waals surface area contributed by atoms with Crippen LogP contribution in [0.5, 0.6) is 0 Å². The van der Waals surface area contributed by atoms with Gasteiger partial charge in [-0.1, -0.05) is 13.3 Å². The second-order valence-electron chi connectivity index (χ2n) is 4.91. The van der Waals surface area contributed by atoms with Crippen molar-refractivity contribution >= 4 is 5.69 Å². The topological polar surface area (TPSA) is 43.8 Å². The van der Waals surface area contributed by atoms with E-state index in [4.69, 9.17) is 5.73 Å². The second kappa shape index (κ2) is 3.01. The van der Waals surface area contributed by atoms with Crippen molar-refractivity contribution < 1.29 is 0 Å². The average Bonchev–Trinajstić information content (AvgIpc) is 2.31. The van der Waals surface area contributed by atoms with Gasteiger partial charge in [0.15, 0.2) is 0 Å². The predicted octanol–water partition coefficient (Wildman–Crippen LogP) is 2.27. The van der Waals surface area contributed by atoms with E-state index >= 15 is 0 Å². The minimum atomic E-state index is 0.468. The molecule has 0 radical (unpaired) electrons. The van der Waals surface area contributed by atoms with Crippen molar-refractivity contribution in [1.29, 1.82) is 0 Å². The van der Waals surface area contributed by atoms with Crippen LogP contribution >= 0.6 is 0 Å². The van der Waals surface area contributed by atoms with Gasteiger partial charge < -0.3 is 5.73 Å². The predicted molar refractivity (Wildman–Crippen MR) is 58.1 cm³/mol. The maximum Gasteiger partial charge on any atom is 0.0825 e. The Morgan fingerprint density at radius 1 is 1.43 bits per heavy atom. The van der Waals surface area contributed by atoms with Gasteiger partial charge in [-0.3, -0.25) is 4.68 Å². The van der Waals surface area contributed by atoms with Gasteiger partial charge in [0.1, 0.15) is 0 Å². The van der Waals surface area contributed by atoms with Crippen LogP contribution in [0.1, 0.15) is 37.6 Å². The summed E-state index contributed by atoms with van der Waals surface area (Å²) in [6, 6.07) is 0. The first-order chi connectivity index (χ1) is 6.52. The zero-order valence-corrected chi connectivity index (χ0v) is 9.30. The number of rotatable bonds is 2. The third-order valence-corrected chi connectivity index (χ3v) is 3.53. The highest BCUT2D eigenvalue weighted by molar-refractivity contribution is 5.46. The Labute approximate surface area is 85.3 Å². The summed E-state index contributed by atoms with van der Waals surface area (Å²) in [4.78, 5) is 0. The Hall–Kier alpha value is -0.990. The Balaban J connectivity index is 2.20. The molecule has 14 heavy (non-hydrogen) atoms. The minimum Gasteiger partial charge on any atom is -0.396 e. The largest absolute Gasteiger partial charge is 0.396 e. The van der Waals surface area contributed by atoms with Gasteiger partial charge in [0.05, 0.1) is 17.1 Å². The maximum absolute atomic E-state index is 5.90. The molecule has 1 saturated carbocycles. The van der Waals surface area contributed by atoms with Crippen molar-refractivity contribution in [3.05, 3.63) is 11.4 Å². The van der Waals surface area contributed by atoms with Gasteiger partial charge in [-0.25, -0.2) is 0 Å². The highest BCUT2D eigenvalue weighted by Crippen LogP contribution is 2.42. The van der Waals surface area contributed by atoms with Crippen LogP contribution in [-0.4, -0.2) is 9.78 Å². The first kappa shape index (κ1) is 9.56. The smallest absolute Gasteiger partial charge is 0.0825 e. The van der Waals surface area contributed by atoms with Gasteiger partial charge in [-0.2, -0.15) is 5.10 Å². The molecule has 1 aromatic heterocycles. The van der Waals surface area contributed by atoms with E-state index in [1.54, 1.807) is 0 Å². The van der Waals surface area contributed by atoms with Crippen LogP contribution in [0.3, 0.4) is 0 Å². The lowest BCUT2D eigenvalue weighted by Gasteiger charge is -2.38. The van der Waals surface area contributed by atoms with E-state index < -0.39 is 0 Å². The van der Waals surface area contributed by atoms with Gasteiger partial charge in [0.25, 0.3) is 0 Å². The Morgan fingerprint density at radius 2 is 2.07 bits per heavy atom. The molecule has 0 atom stereocenters. The molecule has 3 heteroatoms. The normalized spacial score (nSPS) is 19.4. The zero-order valence-electron chi connectivity index (χ0n) is 9.30. The van der Waals surface area contributed by atoms with Crippen molar-refractivity contribution in [1.82, 2.24) is 9.78 Å². The molecule has 0 bridgehead atoms. The van der Waals surface area contributed by atoms with E-state index in [9.17, 15) is 0 Å². The third kappa shape index (κ3) is 1.41. The van der Waals surface area contributed by atoms with Crippen LogP contribution in [0.4, 0.5) is 5.69 Å². The van der Waals surface area contributed by atoms with Crippen molar-refractivity contribution in [2.45, 2.75) is 46.6 Å². The van der Waals surface area contributed by atoms with Gasteiger partial charge in [0.2, 0.25) is 0 Å². The lowest BCUT2D eigenvalue weighted by atomic mass is 9.70. The molecule has 1 fully saturated rings. The molecule has 0 aliphatic heterocycles. The molecule has 0 unspecified atom stereocenters. The molecule has 0 aromatic carbocycles. The number of nitrogens with zero attached hydrogens (tertiary/aromatic N) is 2. The van der Waals surface area contributed by atoms with Gasteiger partial charge in [0, 0.05) is 6.54 Å². The maximum atomic E-state index is 5.90. The highest BCUT2D eigenvalue weighted by Gasteiger charge is 2.32. The molecular formula is C11H19N3. The molecule has 0 saturated heterocycles.